The van der Waals surface area contributed by atoms with Crippen LogP contribution in [-0.4, -0.2) is 20.4 Å². The first-order valence-corrected chi connectivity index (χ1v) is 7.59. The number of hydrogen-bond acceptors (Lipinski definition) is 4. The number of methoxy groups -OCH3 is 2. The number of hydrogen-bond donors (Lipinski definition) is 1. The lowest BCUT2D eigenvalue weighted by Gasteiger charge is -2.20. The van der Waals surface area contributed by atoms with Crippen molar-refractivity contribution in [3.05, 3.63) is 53.6 Å². The summed E-state index contributed by atoms with van der Waals surface area (Å²) in [5.41, 5.74) is 6.87. The van der Waals surface area contributed by atoms with Gasteiger partial charge in [-0.2, -0.15) is 13.2 Å². The molecule has 0 spiro atoms. The van der Waals surface area contributed by atoms with Crippen molar-refractivity contribution in [1.82, 2.24) is 0 Å². The van der Waals surface area contributed by atoms with Crippen molar-refractivity contribution in [3.8, 4) is 17.2 Å². The third kappa shape index (κ3) is 6.00. The molecule has 0 radical (unpaired) electrons. The minimum Gasteiger partial charge on any atom is -0.493 e. The lowest BCUT2D eigenvalue weighted by molar-refractivity contribution is -0.138. The first kappa shape index (κ1) is 21.9. The molecular formula is C18H21ClF3NO3. The van der Waals surface area contributed by atoms with Gasteiger partial charge in [0.15, 0.2) is 11.5 Å². The van der Waals surface area contributed by atoms with Gasteiger partial charge < -0.3 is 19.9 Å². The van der Waals surface area contributed by atoms with Gasteiger partial charge in [0.1, 0.15) is 12.4 Å². The van der Waals surface area contributed by atoms with Crippen LogP contribution in [-0.2, 0) is 6.61 Å². The Morgan fingerprint density at radius 1 is 0.962 bits per heavy atom. The molecule has 0 aliphatic carbocycles. The van der Waals surface area contributed by atoms with E-state index in [1.807, 2.05) is 30.3 Å². The van der Waals surface area contributed by atoms with Gasteiger partial charge in [-0.1, -0.05) is 30.3 Å². The van der Waals surface area contributed by atoms with E-state index in [1.54, 1.807) is 0 Å². The van der Waals surface area contributed by atoms with Crippen molar-refractivity contribution in [3.63, 3.8) is 0 Å². The van der Waals surface area contributed by atoms with Gasteiger partial charge >= 0.3 is 6.18 Å². The Labute approximate surface area is 156 Å². The Hall–Kier alpha value is -2.12. The van der Waals surface area contributed by atoms with Crippen LogP contribution in [0.1, 0.15) is 23.6 Å². The van der Waals surface area contributed by atoms with Crippen LogP contribution in [0.4, 0.5) is 13.2 Å². The fraction of sp³-hybridized carbons (Fsp3) is 0.333. The zero-order valence-corrected chi connectivity index (χ0v) is 15.2. The predicted octanol–water partition coefficient (Wildman–Crippen LogP) is 4.66. The maximum absolute atomic E-state index is 12.7. The highest BCUT2D eigenvalue weighted by atomic mass is 35.5. The minimum absolute atomic E-state index is 0. The largest absolute Gasteiger partial charge is 0.493 e. The molecule has 4 nitrogen and oxygen atoms in total. The van der Waals surface area contributed by atoms with E-state index in [-0.39, 0.29) is 30.3 Å². The van der Waals surface area contributed by atoms with Crippen LogP contribution in [0.3, 0.4) is 0 Å². The fourth-order valence-electron chi connectivity index (χ4n) is 2.39. The number of nitrogens with two attached hydrogens (primary N) is 1. The number of halogens is 4. The summed E-state index contributed by atoms with van der Waals surface area (Å²) in [5, 5.41) is 0. The molecule has 8 heteroatoms. The number of alkyl halides is 3. The third-order valence-electron chi connectivity index (χ3n) is 3.60. The summed E-state index contributed by atoms with van der Waals surface area (Å²) in [6.45, 7) is 0.196. The summed E-state index contributed by atoms with van der Waals surface area (Å²) in [5.74, 6) is 0.883. The Kier molecular flexibility index (Phi) is 8.05. The van der Waals surface area contributed by atoms with Gasteiger partial charge in [0, 0.05) is 17.7 Å². The van der Waals surface area contributed by atoms with Gasteiger partial charge in [-0.05, 0) is 11.6 Å². The van der Waals surface area contributed by atoms with E-state index in [4.69, 9.17) is 19.9 Å². The molecule has 2 aromatic rings. The molecule has 0 amide bonds. The Balaban J connectivity index is 0.00000338. The Morgan fingerprint density at radius 2 is 1.54 bits per heavy atom. The van der Waals surface area contributed by atoms with E-state index in [0.29, 0.717) is 11.5 Å². The van der Waals surface area contributed by atoms with Gasteiger partial charge in [-0.25, -0.2) is 0 Å². The Bertz CT molecular complexity index is 696. The normalized spacial score (nSPS) is 12.1. The van der Waals surface area contributed by atoms with Crippen LogP contribution in [0, 0.1) is 0 Å². The van der Waals surface area contributed by atoms with Crippen molar-refractivity contribution in [2.45, 2.75) is 25.2 Å². The van der Waals surface area contributed by atoms with E-state index < -0.39 is 18.6 Å². The van der Waals surface area contributed by atoms with Crippen molar-refractivity contribution < 1.29 is 27.4 Å². The highest BCUT2D eigenvalue weighted by Crippen LogP contribution is 2.40. The topological polar surface area (TPSA) is 53.7 Å². The third-order valence-corrected chi connectivity index (χ3v) is 3.60. The standard InChI is InChI=1S/C18H20F3NO3.ClH/c1-23-16-8-13(14(22)10-18(19,20)21)15(9-17(16)24-2)25-11-12-6-4-3-5-7-12;/h3-9,14H,10-11,22H2,1-2H3;1H/t14-;/m1./s1. The van der Waals surface area contributed by atoms with Crippen molar-refractivity contribution >= 4 is 12.4 Å². The molecule has 2 aromatic carbocycles. The average Bonchev–Trinajstić information content (AvgIpc) is 2.58. The predicted molar refractivity (Wildman–Crippen MR) is 95.2 cm³/mol. The smallest absolute Gasteiger partial charge is 0.390 e. The number of ether oxygens (including phenoxy) is 3. The van der Waals surface area contributed by atoms with Gasteiger partial charge in [0.05, 0.1) is 20.6 Å². The molecular weight excluding hydrogens is 371 g/mol. The van der Waals surface area contributed by atoms with Gasteiger partial charge in [0.2, 0.25) is 0 Å². The van der Waals surface area contributed by atoms with E-state index in [9.17, 15) is 13.2 Å². The van der Waals surface area contributed by atoms with Crippen LogP contribution < -0.4 is 19.9 Å². The molecule has 0 aliphatic rings. The molecule has 0 aromatic heterocycles. The highest BCUT2D eigenvalue weighted by Gasteiger charge is 2.32. The Morgan fingerprint density at radius 3 is 2.08 bits per heavy atom. The zero-order chi connectivity index (χ0) is 18.4. The van der Waals surface area contributed by atoms with Crippen LogP contribution in [0.5, 0.6) is 17.2 Å². The maximum atomic E-state index is 12.7. The van der Waals surface area contributed by atoms with E-state index >= 15 is 0 Å². The summed E-state index contributed by atoms with van der Waals surface area (Å²) >= 11 is 0. The van der Waals surface area contributed by atoms with Gasteiger partial charge in [-0.3, -0.25) is 0 Å². The van der Waals surface area contributed by atoms with E-state index in [1.165, 1.54) is 26.4 Å². The summed E-state index contributed by atoms with van der Waals surface area (Å²) in [6.07, 6.45) is -5.55. The minimum atomic E-state index is -4.39. The summed E-state index contributed by atoms with van der Waals surface area (Å²) in [6, 6.07) is 10.9. The number of rotatable bonds is 7. The molecule has 0 saturated carbocycles. The highest BCUT2D eigenvalue weighted by molar-refractivity contribution is 5.85. The monoisotopic (exact) mass is 391 g/mol. The molecule has 0 fully saturated rings. The molecule has 2 rings (SSSR count). The van der Waals surface area contributed by atoms with Crippen LogP contribution in [0.2, 0.25) is 0 Å². The molecule has 0 unspecified atom stereocenters. The number of benzene rings is 2. The van der Waals surface area contributed by atoms with E-state index in [0.717, 1.165) is 5.56 Å². The van der Waals surface area contributed by atoms with Crippen LogP contribution in [0.25, 0.3) is 0 Å². The summed E-state index contributed by atoms with van der Waals surface area (Å²) in [7, 11) is 2.84. The first-order chi connectivity index (χ1) is 11.8. The molecule has 144 valence electrons. The SMILES string of the molecule is COc1cc(OCc2ccccc2)c([C@H](N)CC(F)(F)F)cc1OC.Cl. The molecule has 0 heterocycles. The van der Waals surface area contributed by atoms with Crippen molar-refractivity contribution in [2.75, 3.05) is 14.2 Å². The average molecular weight is 392 g/mol. The molecule has 0 aliphatic heterocycles. The van der Waals surface area contributed by atoms with Crippen molar-refractivity contribution in [2.24, 2.45) is 5.73 Å². The summed E-state index contributed by atoms with van der Waals surface area (Å²) < 4.78 is 54.2. The quantitative estimate of drug-likeness (QED) is 0.746. The van der Waals surface area contributed by atoms with Crippen LogP contribution >= 0.6 is 12.4 Å². The second-order valence-corrected chi connectivity index (χ2v) is 5.45. The van der Waals surface area contributed by atoms with Gasteiger partial charge in [-0.15, -0.1) is 12.4 Å². The molecule has 0 saturated heterocycles. The first-order valence-electron chi connectivity index (χ1n) is 7.59. The summed E-state index contributed by atoms with van der Waals surface area (Å²) in [4.78, 5) is 0. The fourth-order valence-corrected chi connectivity index (χ4v) is 2.39. The van der Waals surface area contributed by atoms with Crippen LogP contribution in [0.15, 0.2) is 42.5 Å². The zero-order valence-electron chi connectivity index (χ0n) is 14.4. The molecule has 2 N–H and O–H groups in total. The molecule has 0 bridgehead atoms. The molecule has 26 heavy (non-hydrogen) atoms. The second kappa shape index (κ2) is 9.54. The molecule has 1 atom stereocenters. The van der Waals surface area contributed by atoms with Gasteiger partial charge in [0.25, 0.3) is 0 Å². The van der Waals surface area contributed by atoms with E-state index in [2.05, 4.69) is 0 Å². The van der Waals surface area contributed by atoms with Crippen molar-refractivity contribution in [1.29, 1.82) is 0 Å². The lowest BCUT2D eigenvalue weighted by Crippen LogP contribution is -2.21. The lowest BCUT2D eigenvalue weighted by atomic mass is 10.0. The maximum Gasteiger partial charge on any atom is 0.390 e. The second-order valence-electron chi connectivity index (χ2n) is 5.45.